The zero-order valence-electron chi connectivity index (χ0n) is 21.4. The summed E-state index contributed by atoms with van der Waals surface area (Å²) in [5.41, 5.74) is 7.02. The number of aliphatic carboxylic acids is 1. The lowest BCUT2D eigenvalue weighted by Gasteiger charge is -2.15. The number of nitrogens with two attached hydrogens (primary N) is 1. The van der Waals surface area contributed by atoms with E-state index in [4.69, 9.17) is 15.6 Å². The number of carbonyl (C=O) groups is 2. The summed E-state index contributed by atoms with van der Waals surface area (Å²) >= 11 is 0. The number of aromatic amines is 1. The van der Waals surface area contributed by atoms with Crippen molar-refractivity contribution in [2.45, 2.75) is 38.7 Å². The second-order valence-corrected chi connectivity index (χ2v) is 8.52. The number of benzene rings is 1. The average Bonchev–Trinajstić information content (AvgIpc) is 3.56. The number of halogens is 6. The number of alkyl halides is 6. The summed E-state index contributed by atoms with van der Waals surface area (Å²) in [5, 5.41) is 18.7. The van der Waals surface area contributed by atoms with E-state index in [2.05, 4.69) is 30.8 Å². The molecule has 41 heavy (non-hydrogen) atoms. The molecule has 1 amide bonds. The number of carbonyl (C=O) groups excluding carboxylic acids is 1. The van der Waals surface area contributed by atoms with E-state index in [-0.39, 0.29) is 23.2 Å². The molecule has 0 aliphatic carbocycles. The minimum atomic E-state index is -5.08. The maximum atomic E-state index is 13.3. The molecule has 3 heterocycles. The predicted octanol–water partition coefficient (Wildman–Crippen LogP) is 4.15. The number of hydrogen-bond acceptors (Lipinski definition) is 7. The molecule has 6 N–H and O–H groups in total. The number of rotatable bonds is 7. The fourth-order valence-corrected chi connectivity index (χ4v) is 3.59. The van der Waals surface area contributed by atoms with Gasteiger partial charge in [-0.1, -0.05) is 6.92 Å². The number of imidazole rings is 1. The maximum Gasteiger partial charge on any atom is 0.490 e. The summed E-state index contributed by atoms with van der Waals surface area (Å²) in [4.78, 5) is 30.0. The number of carboxylic acid groups (broad SMARTS) is 1. The Balaban J connectivity index is 0.000000587. The van der Waals surface area contributed by atoms with E-state index >= 15 is 0 Å². The van der Waals surface area contributed by atoms with Gasteiger partial charge in [-0.3, -0.25) is 14.3 Å². The Morgan fingerprint density at radius 1 is 1.17 bits per heavy atom. The van der Waals surface area contributed by atoms with Crippen LogP contribution < -0.4 is 16.4 Å². The van der Waals surface area contributed by atoms with Gasteiger partial charge in [0.15, 0.2) is 17.2 Å². The van der Waals surface area contributed by atoms with E-state index in [1.165, 1.54) is 29.2 Å². The summed E-state index contributed by atoms with van der Waals surface area (Å²) in [6.07, 6.45) is -3.57. The van der Waals surface area contributed by atoms with Gasteiger partial charge in [0.25, 0.3) is 5.91 Å². The van der Waals surface area contributed by atoms with Gasteiger partial charge in [0, 0.05) is 42.4 Å². The highest BCUT2D eigenvalue weighted by Gasteiger charge is 2.38. The molecule has 11 nitrogen and oxygen atoms in total. The van der Waals surface area contributed by atoms with Gasteiger partial charge >= 0.3 is 18.3 Å². The first-order valence-corrected chi connectivity index (χ1v) is 11.8. The lowest BCUT2D eigenvalue weighted by Crippen LogP contribution is -2.38. The van der Waals surface area contributed by atoms with Crippen LogP contribution in [0.1, 0.15) is 35.5 Å². The molecular weight excluding hydrogens is 562 g/mol. The summed E-state index contributed by atoms with van der Waals surface area (Å²) in [6, 6.07) is 5.11. The van der Waals surface area contributed by atoms with Gasteiger partial charge in [-0.15, -0.1) is 0 Å². The second kappa shape index (κ2) is 12.2. The molecule has 0 saturated heterocycles. The third-order valence-electron chi connectivity index (χ3n) is 5.58. The van der Waals surface area contributed by atoms with Gasteiger partial charge in [0.1, 0.15) is 0 Å². The predicted molar refractivity (Wildman–Crippen MR) is 134 cm³/mol. The lowest BCUT2D eigenvalue weighted by atomic mass is 10.0. The van der Waals surface area contributed by atoms with Crippen molar-refractivity contribution in [2.75, 3.05) is 11.9 Å². The van der Waals surface area contributed by atoms with E-state index in [0.717, 1.165) is 5.56 Å². The van der Waals surface area contributed by atoms with Gasteiger partial charge in [-0.2, -0.15) is 31.4 Å². The van der Waals surface area contributed by atoms with E-state index in [9.17, 15) is 31.1 Å². The van der Waals surface area contributed by atoms with Crippen molar-refractivity contribution in [3.05, 3.63) is 59.8 Å². The lowest BCUT2D eigenvalue weighted by molar-refractivity contribution is -0.192. The van der Waals surface area contributed by atoms with Gasteiger partial charge in [0.05, 0.1) is 17.5 Å². The van der Waals surface area contributed by atoms with E-state index in [1.807, 2.05) is 19.9 Å². The van der Waals surface area contributed by atoms with Crippen molar-refractivity contribution < 1.29 is 41.0 Å². The van der Waals surface area contributed by atoms with Crippen molar-refractivity contribution in [1.29, 1.82) is 0 Å². The molecule has 0 radical (unpaired) electrons. The Kier molecular flexibility index (Phi) is 9.21. The van der Waals surface area contributed by atoms with Gasteiger partial charge in [-0.05, 0) is 37.1 Å². The maximum absolute atomic E-state index is 13.3. The largest absolute Gasteiger partial charge is 0.490 e. The number of nitrogens with one attached hydrogen (secondary N) is 3. The zero-order valence-corrected chi connectivity index (χ0v) is 21.4. The Morgan fingerprint density at radius 2 is 1.85 bits per heavy atom. The highest BCUT2D eigenvalue weighted by atomic mass is 19.4. The van der Waals surface area contributed by atoms with Crippen LogP contribution in [0.25, 0.3) is 16.9 Å². The van der Waals surface area contributed by atoms with E-state index in [0.29, 0.717) is 35.7 Å². The van der Waals surface area contributed by atoms with E-state index in [1.54, 1.807) is 12.1 Å². The summed E-state index contributed by atoms with van der Waals surface area (Å²) in [5.74, 6) is -2.62. The summed E-state index contributed by atoms with van der Waals surface area (Å²) < 4.78 is 73.2. The Morgan fingerprint density at radius 3 is 2.44 bits per heavy atom. The Bertz CT molecular complexity index is 1530. The molecule has 4 rings (SSSR count). The molecule has 17 heteroatoms. The number of fused-ring (bicyclic) bond motifs is 1. The van der Waals surface area contributed by atoms with Crippen molar-refractivity contribution in [3.8, 4) is 11.3 Å². The second-order valence-electron chi connectivity index (χ2n) is 8.52. The SMILES string of the molecule is CCc1cc(Nc2nccn3c(-c4c[nH]nc4C(F)(F)F)cnc23)ccc1C(=O)NC(C)CN.O=C(O)C(F)(F)F. The molecule has 0 saturated carbocycles. The number of H-pyrrole nitrogens is 1. The number of aromatic nitrogens is 5. The monoisotopic (exact) mass is 586 g/mol. The van der Waals surface area contributed by atoms with Crippen LogP contribution in [0.4, 0.5) is 37.8 Å². The van der Waals surface area contributed by atoms with Crippen molar-refractivity contribution in [3.63, 3.8) is 0 Å². The minimum absolute atomic E-state index is 0.118. The molecule has 220 valence electrons. The summed E-state index contributed by atoms with van der Waals surface area (Å²) in [7, 11) is 0. The van der Waals surface area contributed by atoms with Crippen LogP contribution in [0, 0.1) is 0 Å². The van der Waals surface area contributed by atoms with Gasteiger partial charge in [0.2, 0.25) is 0 Å². The Labute approximate surface area is 227 Å². The molecule has 1 atom stereocenters. The fraction of sp³-hybridized carbons (Fsp3) is 0.292. The third-order valence-corrected chi connectivity index (χ3v) is 5.58. The minimum Gasteiger partial charge on any atom is -0.475 e. The van der Waals surface area contributed by atoms with Crippen LogP contribution in [0.2, 0.25) is 0 Å². The standard InChI is InChI=1S/C22H23F3N8O.C2HF3O2/c1-3-13-8-14(4-5-15(13)21(34)30-12(2)9-26)31-19-20-28-11-17(33(20)7-6-27-19)16-10-29-32-18(16)22(23,24)25;3-2(4,5)1(6)7/h4-8,10-12H,3,9,26H2,1-2H3,(H,27,31)(H,29,32)(H,30,34);(H,6,7). The number of aryl methyl sites for hydroxylation is 1. The topological polar surface area (TPSA) is 163 Å². The van der Waals surface area contributed by atoms with Crippen molar-refractivity contribution >= 4 is 29.0 Å². The molecule has 0 aliphatic heterocycles. The first-order valence-electron chi connectivity index (χ1n) is 11.8. The molecular formula is C24H24F6N8O3. The van der Waals surface area contributed by atoms with Crippen LogP contribution in [-0.2, 0) is 17.4 Å². The quantitative estimate of drug-likeness (QED) is 0.202. The molecule has 0 aliphatic rings. The van der Waals surface area contributed by atoms with Crippen LogP contribution in [-0.4, -0.2) is 60.3 Å². The summed E-state index contributed by atoms with van der Waals surface area (Å²) in [6.45, 7) is 4.09. The van der Waals surface area contributed by atoms with Crippen LogP contribution in [0.3, 0.4) is 0 Å². The highest BCUT2D eigenvalue weighted by Crippen LogP contribution is 2.36. The first-order chi connectivity index (χ1) is 19.2. The smallest absolute Gasteiger partial charge is 0.475 e. The number of anilines is 2. The molecule has 4 aromatic rings. The molecule has 1 unspecified atom stereocenters. The highest BCUT2D eigenvalue weighted by molar-refractivity contribution is 5.96. The van der Waals surface area contributed by atoms with Gasteiger partial charge in [-0.25, -0.2) is 14.8 Å². The third kappa shape index (κ3) is 7.30. The molecule has 1 aromatic carbocycles. The zero-order chi connectivity index (χ0) is 30.5. The van der Waals surface area contributed by atoms with Crippen LogP contribution >= 0.6 is 0 Å². The van der Waals surface area contributed by atoms with Gasteiger partial charge < -0.3 is 21.5 Å². The number of amides is 1. The molecule has 0 bridgehead atoms. The van der Waals surface area contributed by atoms with Crippen LogP contribution in [0.15, 0.2) is 43.0 Å². The van der Waals surface area contributed by atoms with Crippen LogP contribution in [0.5, 0.6) is 0 Å². The number of carboxylic acids is 1. The molecule has 0 spiro atoms. The molecule has 3 aromatic heterocycles. The number of hydrogen-bond donors (Lipinski definition) is 5. The first kappa shape index (κ1) is 30.9. The normalized spacial score (nSPS) is 12.4. The average molecular weight is 586 g/mol. The van der Waals surface area contributed by atoms with Crippen molar-refractivity contribution in [2.24, 2.45) is 5.73 Å². The molecule has 0 fully saturated rings. The fourth-order valence-electron chi connectivity index (χ4n) is 3.59. The van der Waals surface area contributed by atoms with Crippen molar-refractivity contribution in [1.82, 2.24) is 29.9 Å². The number of nitrogens with zero attached hydrogens (tertiary/aromatic N) is 4. The van der Waals surface area contributed by atoms with E-state index < -0.39 is 24.0 Å². The Hall–Kier alpha value is -4.67.